The summed E-state index contributed by atoms with van der Waals surface area (Å²) in [6.07, 6.45) is -0.606. The number of halogens is 1. The van der Waals surface area contributed by atoms with Gasteiger partial charge in [0.25, 0.3) is 0 Å². The van der Waals surface area contributed by atoms with E-state index in [0.29, 0.717) is 0 Å². The molecule has 104 valence electrons. The van der Waals surface area contributed by atoms with Crippen LogP contribution < -0.4 is 11.4 Å². The predicted octanol–water partition coefficient (Wildman–Crippen LogP) is 0.390. The number of hydrogen-bond acceptors (Lipinski definition) is 5. The smallest absolute Gasteiger partial charge is 0.351 e. The molecule has 1 saturated heterocycles. The molecule has 1 aliphatic rings. The Labute approximate surface area is 109 Å². The second-order valence-corrected chi connectivity index (χ2v) is 4.68. The number of alkyl halides is 1. The van der Waals surface area contributed by atoms with Crippen LogP contribution in [0.2, 0.25) is 0 Å². The number of anilines is 1. The second-order valence-electron chi connectivity index (χ2n) is 4.68. The van der Waals surface area contributed by atoms with E-state index in [1.54, 1.807) is 0 Å². The maximum Gasteiger partial charge on any atom is 0.351 e. The zero-order valence-electron chi connectivity index (χ0n) is 10.5. The molecule has 0 saturated carbocycles. The van der Waals surface area contributed by atoms with Crippen molar-refractivity contribution in [2.24, 2.45) is 0 Å². The Kier molecular flexibility index (Phi) is 3.42. The van der Waals surface area contributed by atoms with Gasteiger partial charge in [0.05, 0.1) is 12.7 Å². The van der Waals surface area contributed by atoms with Crippen molar-refractivity contribution in [2.45, 2.75) is 31.3 Å². The second kappa shape index (κ2) is 4.75. The summed E-state index contributed by atoms with van der Waals surface area (Å²) in [5.74, 6) is 0.0535. The van der Waals surface area contributed by atoms with E-state index in [9.17, 15) is 9.18 Å². The molecule has 1 aromatic heterocycles. The molecule has 7 heteroatoms. The molecule has 0 bridgehead atoms. The summed E-state index contributed by atoms with van der Waals surface area (Å²) < 4.78 is 21.4. The molecule has 0 aliphatic carbocycles. The van der Waals surface area contributed by atoms with Gasteiger partial charge in [-0.3, -0.25) is 4.57 Å². The Bertz CT molecular complexity index is 559. The Morgan fingerprint density at radius 3 is 3.05 bits per heavy atom. The highest BCUT2D eigenvalue weighted by atomic mass is 19.1. The number of aliphatic hydroxyl groups excluding tert-OH is 1. The van der Waals surface area contributed by atoms with Crippen molar-refractivity contribution in [3.8, 4) is 0 Å². The van der Waals surface area contributed by atoms with Crippen LogP contribution in [-0.4, -0.2) is 33.0 Å². The molecule has 1 aromatic rings. The van der Waals surface area contributed by atoms with Crippen molar-refractivity contribution in [1.82, 2.24) is 9.55 Å². The van der Waals surface area contributed by atoms with Crippen molar-refractivity contribution in [3.05, 3.63) is 34.9 Å². The third kappa shape index (κ3) is 2.26. The molecule has 0 amide bonds. The minimum atomic E-state index is -1.92. The molecule has 2 heterocycles. The van der Waals surface area contributed by atoms with Gasteiger partial charge in [0.2, 0.25) is 0 Å². The van der Waals surface area contributed by atoms with Gasteiger partial charge in [-0.2, -0.15) is 4.98 Å². The number of aliphatic hydroxyl groups is 1. The Balaban J connectivity index is 2.46. The summed E-state index contributed by atoms with van der Waals surface area (Å²) in [6, 6.07) is 1.38. The van der Waals surface area contributed by atoms with Gasteiger partial charge in [-0.1, -0.05) is 6.58 Å². The van der Waals surface area contributed by atoms with Crippen LogP contribution in [0, 0.1) is 0 Å². The Morgan fingerprint density at radius 1 is 1.84 bits per heavy atom. The molecule has 3 atom stereocenters. The lowest BCUT2D eigenvalue weighted by atomic mass is 9.92. The molecular weight excluding hydrogens is 253 g/mol. The molecule has 1 unspecified atom stereocenters. The monoisotopic (exact) mass is 269 g/mol. The van der Waals surface area contributed by atoms with Gasteiger partial charge in [-0.25, -0.2) is 9.18 Å². The highest BCUT2D eigenvalue weighted by molar-refractivity contribution is 5.24. The minimum Gasteiger partial charge on any atom is -0.394 e. The zero-order chi connectivity index (χ0) is 14.2. The summed E-state index contributed by atoms with van der Waals surface area (Å²) in [4.78, 5) is 15.3. The minimum absolute atomic E-state index is 0.0535. The Hall–Kier alpha value is -1.73. The molecule has 0 aromatic carbocycles. The van der Waals surface area contributed by atoms with E-state index in [1.807, 2.05) is 0 Å². The molecular formula is C12H16FN3O3. The van der Waals surface area contributed by atoms with Crippen molar-refractivity contribution in [2.75, 3.05) is 12.3 Å². The van der Waals surface area contributed by atoms with E-state index in [0.717, 1.165) is 4.57 Å². The zero-order valence-corrected chi connectivity index (χ0v) is 10.5. The van der Waals surface area contributed by atoms with Gasteiger partial charge in [0.1, 0.15) is 5.82 Å². The van der Waals surface area contributed by atoms with Crippen LogP contribution in [0.1, 0.15) is 19.6 Å². The quantitative estimate of drug-likeness (QED) is 0.775. The van der Waals surface area contributed by atoms with Crippen LogP contribution in [0.3, 0.4) is 0 Å². The first-order valence-corrected chi connectivity index (χ1v) is 5.84. The summed E-state index contributed by atoms with van der Waals surface area (Å²) in [6.45, 7) is 4.80. The van der Waals surface area contributed by atoms with Gasteiger partial charge in [0.15, 0.2) is 11.9 Å². The highest BCUT2D eigenvalue weighted by Crippen LogP contribution is 2.44. The SMILES string of the molecule is C=C(C)C1(F)C[C@@H](CO)O[C@H]1n1ccc(N)nc1=O. The summed E-state index contributed by atoms with van der Waals surface area (Å²) in [5, 5.41) is 9.11. The molecule has 1 fully saturated rings. The van der Waals surface area contributed by atoms with Gasteiger partial charge in [-0.15, -0.1) is 0 Å². The fourth-order valence-electron chi connectivity index (χ4n) is 2.15. The first-order chi connectivity index (χ1) is 8.88. The molecule has 6 nitrogen and oxygen atoms in total. The third-order valence-electron chi connectivity index (χ3n) is 3.25. The molecule has 0 radical (unpaired) electrons. The third-order valence-corrected chi connectivity index (χ3v) is 3.25. The lowest BCUT2D eigenvalue weighted by molar-refractivity contribution is -0.0563. The number of nitrogens with two attached hydrogens (primary N) is 1. The van der Waals surface area contributed by atoms with E-state index < -0.39 is 23.7 Å². The molecule has 3 N–H and O–H groups in total. The summed E-state index contributed by atoms with van der Waals surface area (Å²) in [5.41, 5.74) is 3.00. The van der Waals surface area contributed by atoms with Gasteiger partial charge in [0, 0.05) is 12.6 Å². The number of nitrogens with zero attached hydrogens (tertiary/aromatic N) is 2. The lowest BCUT2D eigenvalue weighted by Gasteiger charge is -2.27. The first-order valence-electron chi connectivity index (χ1n) is 5.84. The average Bonchev–Trinajstić information content (AvgIpc) is 2.68. The van der Waals surface area contributed by atoms with Crippen LogP contribution in [-0.2, 0) is 4.74 Å². The topological polar surface area (TPSA) is 90.4 Å². The van der Waals surface area contributed by atoms with E-state index in [2.05, 4.69) is 11.6 Å². The van der Waals surface area contributed by atoms with E-state index in [-0.39, 0.29) is 24.4 Å². The van der Waals surface area contributed by atoms with Gasteiger partial charge in [-0.05, 0) is 18.6 Å². The Morgan fingerprint density at radius 2 is 2.53 bits per heavy atom. The van der Waals surface area contributed by atoms with E-state index >= 15 is 0 Å². The predicted molar refractivity (Wildman–Crippen MR) is 67.2 cm³/mol. The first kappa shape index (κ1) is 13.7. The van der Waals surface area contributed by atoms with Crippen molar-refractivity contribution >= 4 is 5.82 Å². The molecule has 19 heavy (non-hydrogen) atoms. The number of rotatable bonds is 3. The molecule has 2 rings (SSSR count). The maximum atomic E-state index is 14.9. The van der Waals surface area contributed by atoms with E-state index in [4.69, 9.17) is 15.6 Å². The number of aromatic nitrogens is 2. The van der Waals surface area contributed by atoms with Crippen LogP contribution in [0.15, 0.2) is 29.2 Å². The van der Waals surface area contributed by atoms with Crippen LogP contribution in [0.5, 0.6) is 0 Å². The fraction of sp³-hybridized carbons (Fsp3) is 0.500. The van der Waals surface area contributed by atoms with E-state index in [1.165, 1.54) is 19.2 Å². The average molecular weight is 269 g/mol. The normalized spacial score (nSPS) is 30.5. The van der Waals surface area contributed by atoms with Crippen LogP contribution in [0.25, 0.3) is 0 Å². The van der Waals surface area contributed by atoms with Crippen molar-refractivity contribution in [3.63, 3.8) is 0 Å². The largest absolute Gasteiger partial charge is 0.394 e. The molecule has 0 spiro atoms. The fourth-order valence-corrected chi connectivity index (χ4v) is 2.15. The number of nitrogen functional groups attached to an aromatic ring is 1. The van der Waals surface area contributed by atoms with Crippen LogP contribution >= 0.6 is 0 Å². The molecule has 1 aliphatic heterocycles. The van der Waals surface area contributed by atoms with Crippen molar-refractivity contribution < 1.29 is 14.2 Å². The maximum absolute atomic E-state index is 14.9. The van der Waals surface area contributed by atoms with Crippen LogP contribution in [0.4, 0.5) is 10.2 Å². The van der Waals surface area contributed by atoms with Gasteiger partial charge >= 0.3 is 5.69 Å². The number of ether oxygens (including phenoxy) is 1. The van der Waals surface area contributed by atoms with Crippen molar-refractivity contribution in [1.29, 1.82) is 0 Å². The highest BCUT2D eigenvalue weighted by Gasteiger charge is 2.51. The summed E-state index contributed by atoms with van der Waals surface area (Å²) in [7, 11) is 0. The standard InChI is InChI=1S/C12H16FN3O3/c1-7(2)12(13)5-8(6-17)19-10(12)16-4-3-9(14)15-11(16)18/h3-4,8,10,17H,1,5-6H2,2H3,(H2,14,15,18)/t8-,10+,12?/m0/s1. The lowest BCUT2D eigenvalue weighted by Crippen LogP contribution is -2.38. The van der Waals surface area contributed by atoms with Gasteiger partial charge < -0.3 is 15.6 Å². The number of hydrogen-bond donors (Lipinski definition) is 2. The summed E-state index contributed by atoms with van der Waals surface area (Å²) >= 11 is 0.